The number of rotatable bonds is 7. The van der Waals surface area contributed by atoms with Gasteiger partial charge >= 0.3 is 6.03 Å². The summed E-state index contributed by atoms with van der Waals surface area (Å²) in [5, 5.41) is 28.1. The van der Waals surface area contributed by atoms with Gasteiger partial charge in [-0.3, -0.25) is 4.79 Å². The summed E-state index contributed by atoms with van der Waals surface area (Å²) < 4.78 is 7.07. The summed E-state index contributed by atoms with van der Waals surface area (Å²) in [5.74, 6) is -0.154. The second kappa shape index (κ2) is 15.0. The van der Waals surface area contributed by atoms with Gasteiger partial charge in [-0.05, 0) is 117 Å². The Kier molecular flexibility index (Phi) is 10.5. The van der Waals surface area contributed by atoms with E-state index < -0.39 is 17.1 Å². The number of fused-ring (bicyclic) bond motifs is 9. The van der Waals surface area contributed by atoms with Crippen LogP contribution in [0.3, 0.4) is 0 Å². The van der Waals surface area contributed by atoms with Crippen molar-refractivity contribution in [3.63, 3.8) is 0 Å². The number of amides is 2. The fourth-order valence-electron chi connectivity index (χ4n) is 8.72. The molecule has 1 saturated heterocycles. The molecule has 3 N–H and O–H groups in total. The number of carbonyl (C=O) groups is 2. The summed E-state index contributed by atoms with van der Waals surface area (Å²) in [5.41, 5.74) is 2.56. The van der Waals surface area contributed by atoms with Crippen molar-refractivity contribution in [1.82, 2.24) is 4.90 Å². The van der Waals surface area contributed by atoms with Gasteiger partial charge in [-0.1, -0.05) is 67.1 Å². The lowest BCUT2D eigenvalue weighted by molar-refractivity contribution is -0.0799. The molecule has 1 aromatic heterocycles. The van der Waals surface area contributed by atoms with E-state index in [2.05, 4.69) is 37.4 Å². The number of ketones is 1. The van der Waals surface area contributed by atoms with Crippen molar-refractivity contribution in [2.45, 2.75) is 95.4 Å². The Bertz CT molecular complexity index is 1870. The fraction of sp³-hybridized carbons (Fsp3) is 0.442. The number of benzene rings is 3. The maximum absolute atomic E-state index is 14.6. The highest BCUT2D eigenvalue weighted by Gasteiger charge is 2.58. The van der Waals surface area contributed by atoms with Crippen LogP contribution in [0.25, 0.3) is 10.1 Å². The topological polar surface area (TPSA) is 99.1 Å². The van der Waals surface area contributed by atoms with E-state index in [1.54, 1.807) is 4.90 Å². The zero-order valence-electron chi connectivity index (χ0n) is 29.8. The van der Waals surface area contributed by atoms with E-state index in [0.717, 1.165) is 46.9 Å². The monoisotopic (exact) mass is 706 g/mol. The number of hydrogen-bond donors (Lipinski definition) is 3. The van der Waals surface area contributed by atoms with E-state index in [9.17, 15) is 19.8 Å². The SMILES string of the molecule is CC1=CCCC2(C)C(CCC2(O)CN(CC2CCCO2)C(=O)Nc2ccccc2)c2ccc(cc2C(=O)c2cc3ccccc3s2)CC(O)CC1. The van der Waals surface area contributed by atoms with Crippen molar-refractivity contribution >= 4 is 38.9 Å². The molecule has 5 atom stereocenters. The number of aliphatic hydroxyl groups excluding tert-OH is 1. The zero-order valence-corrected chi connectivity index (χ0v) is 30.6. The van der Waals surface area contributed by atoms with Crippen molar-refractivity contribution in [2.24, 2.45) is 5.41 Å². The molecule has 51 heavy (non-hydrogen) atoms. The number of hydrogen-bond acceptors (Lipinski definition) is 6. The van der Waals surface area contributed by atoms with Gasteiger partial charge in [-0.2, -0.15) is 0 Å². The highest BCUT2D eigenvalue weighted by Crippen LogP contribution is 2.59. The summed E-state index contributed by atoms with van der Waals surface area (Å²) in [4.78, 5) is 31.0. The standard InChI is InChI=1S/C43H50N2O5S/c1-29-10-8-21-42(2)37(20-22-43(42,49)28-45(27-34-14-9-23-50-34)41(48)44-32-12-4-3-5-13-32)35-19-17-30(24-33(46)18-16-29)25-36(35)40(47)39-26-31-11-6-7-15-38(31)51-39/h3-7,10-13,15,17,19,25-26,33-34,37,46,49H,8-9,14,16,18,20-24,27-28H2,1-2H3,(H,44,48). The molecule has 0 spiro atoms. The number of allylic oxidation sites excluding steroid dienone is 2. The van der Waals surface area contributed by atoms with Gasteiger partial charge in [0.25, 0.3) is 0 Å². The molecule has 3 aromatic carbocycles. The van der Waals surface area contributed by atoms with Crippen LogP contribution in [-0.2, 0) is 11.2 Å². The molecule has 2 amide bonds. The van der Waals surface area contributed by atoms with Crippen molar-refractivity contribution < 1.29 is 24.5 Å². The van der Waals surface area contributed by atoms with Gasteiger partial charge in [0.05, 0.1) is 29.2 Å². The number of ether oxygens (including phenoxy) is 1. The number of carbonyl (C=O) groups excluding carboxylic acids is 2. The van der Waals surface area contributed by atoms with Crippen molar-refractivity contribution in [3.05, 3.63) is 112 Å². The third-order valence-corrected chi connectivity index (χ3v) is 12.9. The van der Waals surface area contributed by atoms with Crippen molar-refractivity contribution in [1.29, 1.82) is 0 Å². The summed E-state index contributed by atoms with van der Waals surface area (Å²) in [7, 11) is 0. The Morgan fingerprint density at radius 2 is 1.80 bits per heavy atom. The Morgan fingerprint density at radius 3 is 2.59 bits per heavy atom. The van der Waals surface area contributed by atoms with Crippen LogP contribution in [0.15, 0.2) is 90.5 Å². The molecular formula is C43H50N2O5S. The van der Waals surface area contributed by atoms with E-state index in [0.29, 0.717) is 61.4 Å². The average Bonchev–Trinajstić information content (AvgIpc) is 3.86. The Hall–Kier alpha value is -3.82. The summed E-state index contributed by atoms with van der Waals surface area (Å²) in [6.07, 6.45) is 7.99. The number of aliphatic hydroxyl groups is 2. The largest absolute Gasteiger partial charge is 0.393 e. The van der Waals surface area contributed by atoms with E-state index in [4.69, 9.17) is 4.74 Å². The summed E-state index contributed by atoms with van der Waals surface area (Å²) >= 11 is 1.51. The number of nitrogens with one attached hydrogen (secondary N) is 1. The molecule has 8 heteroatoms. The van der Waals surface area contributed by atoms with E-state index >= 15 is 0 Å². The van der Waals surface area contributed by atoms with Crippen molar-refractivity contribution in [3.8, 4) is 0 Å². The van der Waals surface area contributed by atoms with Crippen LogP contribution in [0.2, 0.25) is 0 Å². The van der Waals surface area contributed by atoms with E-state index in [-0.39, 0.29) is 30.4 Å². The first kappa shape index (κ1) is 35.6. The smallest absolute Gasteiger partial charge is 0.322 e. The van der Waals surface area contributed by atoms with Crippen molar-refractivity contribution in [2.75, 3.05) is 25.0 Å². The normalized spacial score (nSPS) is 26.7. The molecular weight excluding hydrogens is 657 g/mol. The first-order valence-corrected chi connectivity index (χ1v) is 19.4. The predicted molar refractivity (Wildman–Crippen MR) is 205 cm³/mol. The third kappa shape index (κ3) is 7.56. The van der Waals surface area contributed by atoms with Gasteiger partial charge in [0.2, 0.25) is 5.78 Å². The molecule has 2 bridgehead atoms. The second-order valence-corrected chi connectivity index (χ2v) is 16.3. The fourth-order valence-corrected chi connectivity index (χ4v) is 9.73. The first-order chi connectivity index (χ1) is 24.6. The van der Waals surface area contributed by atoms with Gasteiger partial charge in [-0.25, -0.2) is 4.79 Å². The molecule has 4 aliphatic rings. The maximum atomic E-state index is 14.6. The lowest BCUT2D eigenvalue weighted by Crippen LogP contribution is -2.55. The molecule has 1 saturated carbocycles. The number of para-hydroxylation sites is 1. The third-order valence-electron chi connectivity index (χ3n) is 11.8. The second-order valence-electron chi connectivity index (χ2n) is 15.2. The van der Waals surface area contributed by atoms with Crippen LogP contribution in [0.1, 0.15) is 97.5 Å². The van der Waals surface area contributed by atoms with Crippen LogP contribution >= 0.6 is 11.3 Å². The van der Waals surface area contributed by atoms with Crippen LogP contribution in [0.4, 0.5) is 10.5 Å². The lowest BCUT2D eigenvalue weighted by atomic mass is 9.64. The van der Waals surface area contributed by atoms with Crippen LogP contribution < -0.4 is 5.32 Å². The highest BCUT2D eigenvalue weighted by atomic mass is 32.1. The van der Waals surface area contributed by atoms with Gasteiger partial charge < -0.3 is 25.2 Å². The van der Waals surface area contributed by atoms with Crippen LogP contribution in [-0.4, -0.2) is 64.4 Å². The van der Waals surface area contributed by atoms with Crippen LogP contribution in [0.5, 0.6) is 0 Å². The molecule has 1 aliphatic heterocycles. The van der Waals surface area contributed by atoms with E-state index in [1.165, 1.54) is 16.9 Å². The molecule has 2 fully saturated rings. The summed E-state index contributed by atoms with van der Waals surface area (Å²) in [6, 6.07) is 25.4. The predicted octanol–water partition coefficient (Wildman–Crippen LogP) is 8.88. The average molecular weight is 707 g/mol. The molecule has 7 nitrogen and oxygen atoms in total. The Morgan fingerprint density at radius 1 is 1.00 bits per heavy atom. The Labute approximate surface area is 305 Å². The number of urea groups is 1. The molecule has 2 heterocycles. The highest BCUT2D eigenvalue weighted by molar-refractivity contribution is 7.21. The van der Waals surface area contributed by atoms with Gasteiger partial charge in [0.1, 0.15) is 0 Å². The quantitative estimate of drug-likeness (QED) is 0.132. The molecule has 8 rings (SSSR count). The minimum atomic E-state index is -1.23. The number of thiophene rings is 1. The maximum Gasteiger partial charge on any atom is 0.322 e. The molecule has 3 aliphatic carbocycles. The molecule has 5 unspecified atom stereocenters. The minimum Gasteiger partial charge on any atom is -0.393 e. The lowest BCUT2D eigenvalue weighted by Gasteiger charge is -2.46. The van der Waals surface area contributed by atoms with E-state index in [1.807, 2.05) is 66.7 Å². The Balaban J connectivity index is 1.28. The van der Waals surface area contributed by atoms with Crippen LogP contribution in [0, 0.1) is 5.41 Å². The number of nitrogens with zero attached hydrogens (tertiary/aromatic N) is 1. The molecule has 268 valence electrons. The van der Waals surface area contributed by atoms with Gasteiger partial charge in [0.15, 0.2) is 0 Å². The molecule has 0 radical (unpaired) electrons. The zero-order chi connectivity index (χ0) is 35.6. The first-order valence-electron chi connectivity index (χ1n) is 18.6. The minimum absolute atomic E-state index is 0.0228. The number of anilines is 1. The molecule has 4 aromatic rings. The van der Waals surface area contributed by atoms with Gasteiger partial charge in [-0.15, -0.1) is 11.3 Å². The van der Waals surface area contributed by atoms with Gasteiger partial charge in [0, 0.05) is 34.5 Å². The summed E-state index contributed by atoms with van der Waals surface area (Å²) in [6.45, 7) is 5.52.